The average molecular weight is 364 g/mol. The third kappa shape index (κ3) is 3.59. The number of aromatic nitrogens is 2. The van der Waals surface area contributed by atoms with E-state index in [2.05, 4.69) is 15.2 Å². The Morgan fingerprint density at radius 1 is 1.11 bits per heavy atom. The number of benzene rings is 1. The number of nitrogens with one attached hydrogen (secondary N) is 1. The van der Waals surface area contributed by atoms with Crippen molar-refractivity contribution in [3.8, 4) is 5.88 Å². The van der Waals surface area contributed by atoms with Gasteiger partial charge < -0.3 is 10.0 Å². The number of carbonyl (C=O) groups excluding carboxylic acids is 1. The van der Waals surface area contributed by atoms with E-state index in [4.69, 9.17) is 0 Å². The first kappa shape index (κ1) is 17.4. The molecule has 0 atom stereocenters. The van der Waals surface area contributed by atoms with Crippen molar-refractivity contribution in [1.29, 1.82) is 0 Å². The predicted molar refractivity (Wildman–Crippen MR) is 101 cm³/mol. The number of quaternary nitrogens is 1. The Morgan fingerprint density at radius 3 is 2.63 bits per heavy atom. The fraction of sp³-hybridized carbons (Fsp3) is 0.300. The maximum atomic E-state index is 12.2. The number of likely N-dealkylation sites (tertiary alicyclic amines) is 1. The number of carbonyl (C=O) groups is 1. The van der Waals surface area contributed by atoms with E-state index in [9.17, 15) is 9.90 Å². The van der Waals surface area contributed by atoms with Crippen molar-refractivity contribution in [3.05, 3.63) is 54.4 Å². The van der Waals surface area contributed by atoms with Crippen LogP contribution in [-0.2, 0) is 6.67 Å². The highest BCUT2D eigenvalue weighted by molar-refractivity contribution is 5.97. The second kappa shape index (κ2) is 7.67. The zero-order chi connectivity index (χ0) is 18.6. The van der Waals surface area contributed by atoms with E-state index in [1.165, 1.54) is 36.6 Å². The summed E-state index contributed by atoms with van der Waals surface area (Å²) >= 11 is 0. The molecule has 0 radical (unpaired) electrons. The first-order chi connectivity index (χ1) is 13.2. The second-order valence-corrected chi connectivity index (χ2v) is 6.83. The smallest absolute Gasteiger partial charge is 0.295 e. The highest BCUT2D eigenvalue weighted by atomic mass is 16.3. The fourth-order valence-electron chi connectivity index (χ4n) is 3.61. The normalized spacial score (nSPS) is 15.6. The number of hydrogen-bond donors (Lipinski definition) is 2. The Balaban J connectivity index is 1.67. The van der Waals surface area contributed by atoms with Crippen LogP contribution in [0.1, 0.15) is 29.6 Å². The summed E-state index contributed by atoms with van der Waals surface area (Å²) in [5.41, 5.74) is 1.65. The van der Waals surface area contributed by atoms with Crippen molar-refractivity contribution in [3.63, 3.8) is 0 Å². The molecule has 1 aliphatic heterocycles. The van der Waals surface area contributed by atoms with Crippen LogP contribution < -0.4 is 4.90 Å². The molecular formula is C20H22N5O2+. The van der Waals surface area contributed by atoms with Gasteiger partial charge in [-0.05, 0) is 37.5 Å². The summed E-state index contributed by atoms with van der Waals surface area (Å²) in [6.45, 7) is 2.88. The van der Waals surface area contributed by atoms with Crippen molar-refractivity contribution in [2.45, 2.75) is 25.9 Å². The molecule has 1 aliphatic rings. The molecule has 4 rings (SSSR count). The molecule has 0 spiro atoms. The maximum absolute atomic E-state index is 12.2. The molecule has 3 aromatic rings. The minimum atomic E-state index is -0.463. The molecule has 1 amide bonds. The highest BCUT2D eigenvalue weighted by Gasteiger charge is 2.21. The van der Waals surface area contributed by atoms with E-state index in [1.807, 2.05) is 28.8 Å². The summed E-state index contributed by atoms with van der Waals surface area (Å²) in [7, 11) is 0. The number of aromatic hydroxyl groups is 1. The van der Waals surface area contributed by atoms with Gasteiger partial charge >= 0.3 is 0 Å². The van der Waals surface area contributed by atoms with E-state index in [0.29, 0.717) is 17.9 Å². The van der Waals surface area contributed by atoms with Crippen LogP contribution in [0.2, 0.25) is 0 Å². The summed E-state index contributed by atoms with van der Waals surface area (Å²) in [6.07, 6.45) is 6.77. The standard InChI is InChI=1S/C20H21N5O2/c26-19(15-8-10-21-11-9-15)23-22-18-16-6-2-3-7-17(16)25(20(18)27)14-24-12-4-1-5-13-24/h2-3,6-11,27H,1,4-5,12-14H2/p+1. The number of azo groups is 1. The number of nitrogens with zero attached hydrogens (tertiary/aromatic N) is 4. The minimum Gasteiger partial charge on any atom is -0.493 e. The lowest BCUT2D eigenvalue weighted by molar-refractivity contribution is -0.927. The topological polar surface area (TPSA) is 84.3 Å². The summed E-state index contributed by atoms with van der Waals surface area (Å²) in [6, 6.07) is 10.9. The lowest BCUT2D eigenvalue weighted by Crippen LogP contribution is -3.12. The lowest BCUT2D eigenvalue weighted by atomic mass is 10.1. The number of rotatable bonds is 4. The Labute approximate surface area is 157 Å². The first-order valence-electron chi connectivity index (χ1n) is 9.24. The number of fused-ring (bicyclic) bond motifs is 1. The molecule has 2 aromatic heterocycles. The zero-order valence-electron chi connectivity index (χ0n) is 15.0. The van der Waals surface area contributed by atoms with Gasteiger partial charge in [0.2, 0.25) is 5.88 Å². The maximum Gasteiger partial charge on any atom is 0.295 e. The fourth-order valence-corrected chi connectivity index (χ4v) is 3.61. The molecule has 27 heavy (non-hydrogen) atoms. The van der Waals surface area contributed by atoms with E-state index in [1.54, 1.807) is 12.1 Å². The van der Waals surface area contributed by atoms with Gasteiger partial charge in [0.15, 0.2) is 12.4 Å². The SMILES string of the molecule is O=C(N=Nc1c(O)n(C[NH+]2CCCCC2)c2ccccc12)c1ccncc1. The van der Waals surface area contributed by atoms with Crippen LogP contribution in [0.3, 0.4) is 0 Å². The zero-order valence-corrected chi connectivity index (χ0v) is 15.0. The Morgan fingerprint density at radius 2 is 1.85 bits per heavy atom. The summed E-state index contributed by atoms with van der Waals surface area (Å²) < 4.78 is 1.88. The number of amides is 1. The molecule has 2 N–H and O–H groups in total. The van der Waals surface area contributed by atoms with Gasteiger partial charge in [-0.15, -0.1) is 10.2 Å². The van der Waals surface area contributed by atoms with Crippen LogP contribution in [-0.4, -0.2) is 33.7 Å². The first-order valence-corrected chi connectivity index (χ1v) is 9.24. The molecule has 7 nitrogen and oxygen atoms in total. The minimum absolute atomic E-state index is 0.0561. The highest BCUT2D eigenvalue weighted by Crippen LogP contribution is 2.38. The van der Waals surface area contributed by atoms with E-state index < -0.39 is 5.91 Å². The average Bonchev–Trinajstić information content (AvgIpc) is 2.99. The monoisotopic (exact) mass is 364 g/mol. The van der Waals surface area contributed by atoms with Crippen molar-refractivity contribution >= 4 is 22.5 Å². The van der Waals surface area contributed by atoms with Gasteiger partial charge in [0, 0.05) is 23.3 Å². The van der Waals surface area contributed by atoms with Gasteiger partial charge in [-0.3, -0.25) is 14.3 Å². The molecule has 1 saturated heterocycles. The van der Waals surface area contributed by atoms with Crippen molar-refractivity contribution in [2.75, 3.05) is 13.1 Å². The Bertz CT molecular complexity index is 975. The predicted octanol–water partition coefficient (Wildman–Crippen LogP) is 2.69. The van der Waals surface area contributed by atoms with Crippen LogP contribution in [0.25, 0.3) is 10.9 Å². The van der Waals surface area contributed by atoms with Crippen molar-refractivity contribution in [1.82, 2.24) is 9.55 Å². The van der Waals surface area contributed by atoms with E-state index >= 15 is 0 Å². The summed E-state index contributed by atoms with van der Waals surface area (Å²) in [5, 5.41) is 19.5. The van der Waals surface area contributed by atoms with Crippen molar-refractivity contribution in [2.24, 2.45) is 10.2 Å². The van der Waals surface area contributed by atoms with E-state index in [0.717, 1.165) is 24.0 Å². The third-order valence-electron chi connectivity index (χ3n) is 5.03. The largest absolute Gasteiger partial charge is 0.493 e. The summed E-state index contributed by atoms with van der Waals surface area (Å²) in [4.78, 5) is 17.5. The van der Waals surface area contributed by atoms with Crippen LogP contribution in [0.5, 0.6) is 5.88 Å². The van der Waals surface area contributed by atoms with Crippen LogP contribution in [0, 0.1) is 0 Å². The number of para-hydroxylation sites is 1. The van der Waals surface area contributed by atoms with Gasteiger partial charge in [-0.25, -0.2) is 0 Å². The van der Waals surface area contributed by atoms with E-state index in [-0.39, 0.29) is 5.88 Å². The third-order valence-corrected chi connectivity index (χ3v) is 5.03. The lowest BCUT2D eigenvalue weighted by Gasteiger charge is -2.24. The Kier molecular flexibility index (Phi) is 4.93. The summed E-state index contributed by atoms with van der Waals surface area (Å²) in [5.74, 6) is -0.407. The Hall–Kier alpha value is -3.06. The van der Waals surface area contributed by atoms with Crippen LogP contribution in [0.15, 0.2) is 59.0 Å². The van der Waals surface area contributed by atoms with Gasteiger partial charge in [-0.2, -0.15) is 0 Å². The molecular weight excluding hydrogens is 342 g/mol. The molecule has 0 saturated carbocycles. The molecule has 1 aromatic carbocycles. The van der Waals surface area contributed by atoms with Gasteiger partial charge in [0.05, 0.1) is 18.6 Å². The molecule has 7 heteroatoms. The molecule has 0 aliphatic carbocycles. The molecule has 138 valence electrons. The van der Waals surface area contributed by atoms with Gasteiger partial charge in [0.25, 0.3) is 5.91 Å². The molecule has 0 bridgehead atoms. The second-order valence-electron chi connectivity index (χ2n) is 6.83. The number of piperidine rings is 1. The van der Waals surface area contributed by atoms with Crippen LogP contribution >= 0.6 is 0 Å². The van der Waals surface area contributed by atoms with Crippen LogP contribution in [0.4, 0.5) is 5.69 Å². The molecule has 1 fully saturated rings. The number of hydrogen-bond acceptors (Lipinski definition) is 4. The van der Waals surface area contributed by atoms with Crippen molar-refractivity contribution < 1.29 is 14.8 Å². The molecule has 0 unspecified atom stereocenters. The van der Waals surface area contributed by atoms with Gasteiger partial charge in [0.1, 0.15) is 0 Å². The van der Waals surface area contributed by atoms with Gasteiger partial charge in [-0.1, -0.05) is 18.2 Å². The molecule has 3 heterocycles. The quantitative estimate of drug-likeness (QED) is 0.698. The number of pyridine rings is 1.